The predicted molar refractivity (Wildman–Crippen MR) is 102 cm³/mol. The minimum absolute atomic E-state index is 0.136. The predicted octanol–water partition coefficient (Wildman–Crippen LogP) is 1.96. The highest BCUT2D eigenvalue weighted by molar-refractivity contribution is 7.99. The SMILES string of the molecule is C[C@@H](C(=O)Nc1ccc(SC(F)F)cc1)[NH+]1CCN(C(=O)c2ccco2)CC1. The van der Waals surface area contributed by atoms with Gasteiger partial charge in [0.05, 0.1) is 32.4 Å². The molecule has 2 amide bonds. The summed E-state index contributed by atoms with van der Waals surface area (Å²) >= 11 is 0.467. The number of thioether (sulfide) groups is 1. The Morgan fingerprint density at radius 2 is 1.86 bits per heavy atom. The normalized spacial score (nSPS) is 16.2. The van der Waals surface area contributed by atoms with E-state index in [4.69, 9.17) is 4.42 Å². The lowest BCUT2D eigenvalue weighted by molar-refractivity contribution is -0.917. The molecule has 2 N–H and O–H groups in total. The average molecular weight is 410 g/mol. The molecule has 150 valence electrons. The van der Waals surface area contributed by atoms with Gasteiger partial charge in [0.15, 0.2) is 11.8 Å². The van der Waals surface area contributed by atoms with Crippen LogP contribution in [0.2, 0.25) is 0 Å². The Balaban J connectivity index is 1.49. The van der Waals surface area contributed by atoms with Crippen LogP contribution in [-0.2, 0) is 4.79 Å². The van der Waals surface area contributed by atoms with E-state index < -0.39 is 5.76 Å². The van der Waals surface area contributed by atoms with Crippen LogP contribution in [0.4, 0.5) is 14.5 Å². The molecule has 1 saturated heterocycles. The van der Waals surface area contributed by atoms with Crippen molar-refractivity contribution in [1.29, 1.82) is 0 Å². The van der Waals surface area contributed by atoms with Crippen molar-refractivity contribution >= 4 is 29.3 Å². The van der Waals surface area contributed by atoms with E-state index in [9.17, 15) is 18.4 Å². The molecular formula is C19H22F2N3O3S+. The Bertz CT molecular complexity index is 791. The second-order valence-corrected chi connectivity index (χ2v) is 7.61. The second kappa shape index (κ2) is 9.20. The fourth-order valence-electron chi connectivity index (χ4n) is 3.14. The zero-order chi connectivity index (χ0) is 20.1. The summed E-state index contributed by atoms with van der Waals surface area (Å²) < 4.78 is 29.9. The first-order valence-corrected chi connectivity index (χ1v) is 9.85. The average Bonchev–Trinajstić information content (AvgIpc) is 3.23. The van der Waals surface area contributed by atoms with Crippen LogP contribution in [0.1, 0.15) is 17.5 Å². The van der Waals surface area contributed by atoms with Gasteiger partial charge in [-0.15, -0.1) is 0 Å². The molecule has 0 aliphatic carbocycles. The number of benzene rings is 1. The van der Waals surface area contributed by atoms with Gasteiger partial charge in [0.1, 0.15) is 0 Å². The van der Waals surface area contributed by atoms with Crippen molar-refractivity contribution in [2.75, 3.05) is 31.5 Å². The second-order valence-electron chi connectivity index (χ2n) is 6.54. The highest BCUT2D eigenvalue weighted by Crippen LogP contribution is 2.26. The summed E-state index contributed by atoms with van der Waals surface area (Å²) in [6, 6.07) is 9.38. The molecule has 0 unspecified atom stereocenters. The smallest absolute Gasteiger partial charge is 0.289 e. The maximum absolute atomic E-state index is 12.5. The Morgan fingerprint density at radius 3 is 2.43 bits per heavy atom. The Labute approximate surface area is 165 Å². The molecule has 2 heterocycles. The van der Waals surface area contributed by atoms with E-state index in [0.717, 1.165) is 4.90 Å². The highest BCUT2D eigenvalue weighted by atomic mass is 32.2. The van der Waals surface area contributed by atoms with Crippen LogP contribution in [-0.4, -0.2) is 54.7 Å². The molecule has 1 aromatic carbocycles. The summed E-state index contributed by atoms with van der Waals surface area (Å²) in [6.45, 7) is 4.25. The van der Waals surface area contributed by atoms with E-state index in [1.165, 1.54) is 6.26 Å². The summed E-state index contributed by atoms with van der Waals surface area (Å²) in [7, 11) is 0. The first-order valence-electron chi connectivity index (χ1n) is 8.97. The van der Waals surface area contributed by atoms with Gasteiger partial charge in [-0.2, -0.15) is 8.78 Å². The van der Waals surface area contributed by atoms with Crippen molar-refractivity contribution in [2.24, 2.45) is 0 Å². The van der Waals surface area contributed by atoms with E-state index in [1.54, 1.807) is 41.3 Å². The summed E-state index contributed by atoms with van der Waals surface area (Å²) in [5.74, 6) is -2.43. The monoisotopic (exact) mass is 410 g/mol. The molecule has 0 bridgehead atoms. The molecule has 2 aromatic rings. The zero-order valence-corrected chi connectivity index (χ0v) is 16.2. The van der Waals surface area contributed by atoms with Gasteiger partial charge in [-0.05, 0) is 43.3 Å². The fourth-order valence-corrected chi connectivity index (χ4v) is 3.64. The first-order chi connectivity index (χ1) is 13.4. The lowest BCUT2D eigenvalue weighted by Crippen LogP contribution is -3.19. The number of alkyl halides is 2. The molecule has 0 saturated carbocycles. The summed E-state index contributed by atoms with van der Waals surface area (Å²) in [4.78, 5) is 28.1. The fraction of sp³-hybridized carbons (Fsp3) is 0.368. The van der Waals surface area contributed by atoms with E-state index in [0.29, 0.717) is 54.3 Å². The molecule has 28 heavy (non-hydrogen) atoms. The number of piperazine rings is 1. The standard InChI is InChI=1S/C19H21F2N3O3S/c1-13(17(25)22-14-4-6-15(7-5-14)28-19(20)21)23-8-10-24(11-9-23)18(26)16-3-2-12-27-16/h2-7,12-13,19H,8-11H2,1H3,(H,22,25)/p+1/t13-/m0/s1. The Hall–Kier alpha value is -2.39. The van der Waals surface area contributed by atoms with Crippen LogP contribution in [0.5, 0.6) is 0 Å². The van der Waals surface area contributed by atoms with Gasteiger partial charge in [-0.3, -0.25) is 9.59 Å². The molecule has 1 aliphatic heterocycles. The number of hydrogen-bond donors (Lipinski definition) is 2. The van der Waals surface area contributed by atoms with Crippen molar-refractivity contribution in [1.82, 2.24) is 4.90 Å². The molecule has 3 rings (SSSR count). The van der Waals surface area contributed by atoms with E-state index in [2.05, 4.69) is 5.32 Å². The molecule has 1 fully saturated rings. The lowest BCUT2D eigenvalue weighted by atomic mass is 10.2. The lowest BCUT2D eigenvalue weighted by Gasteiger charge is -2.34. The van der Waals surface area contributed by atoms with Crippen molar-refractivity contribution in [2.45, 2.75) is 23.6 Å². The van der Waals surface area contributed by atoms with Crippen LogP contribution < -0.4 is 10.2 Å². The zero-order valence-electron chi connectivity index (χ0n) is 15.4. The Morgan fingerprint density at radius 1 is 1.18 bits per heavy atom. The third kappa shape index (κ3) is 5.11. The number of quaternary nitrogens is 1. The summed E-state index contributed by atoms with van der Waals surface area (Å²) in [6.07, 6.45) is 1.47. The molecule has 1 aliphatic rings. The molecular weight excluding hydrogens is 388 g/mol. The molecule has 0 spiro atoms. The van der Waals surface area contributed by atoms with Crippen molar-refractivity contribution in [3.63, 3.8) is 0 Å². The van der Waals surface area contributed by atoms with E-state index in [-0.39, 0.29) is 17.9 Å². The number of anilines is 1. The molecule has 0 radical (unpaired) electrons. The van der Waals surface area contributed by atoms with Crippen LogP contribution in [0, 0.1) is 0 Å². The Kier molecular flexibility index (Phi) is 6.69. The third-order valence-electron chi connectivity index (χ3n) is 4.78. The number of rotatable bonds is 6. The van der Waals surface area contributed by atoms with Gasteiger partial charge in [-0.1, -0.05) is 11.8 Å². The van der Waals surface area contributed by atoms with Crippen molar-refractivity contribution in [3.8, 4) is 0 Å². The number of hydrogen-bond acceptors (Lipinski definition) is 4. The maximum atomic E-state index is 12.5. The quantitative estimate of drug-likeness (QED) is 0.715. The van der Waals surface area contributed by atoms with Gasteiger partial charge in [0.25, 0.3) is 17.6 Å². The van der Waals surface area contributed by atoms with Crippen molar-refractivity contribution < 1.29 is 27.7 Å². The third-order valence-corrected chi connectivity index (χ3v) is 5.50. The van der Waals surface area contributed by atoms with E-state index >= 15 is 0 Å². The first kappa shape index (κ1) is 20.3. The summed E-state index contributed by atoms with van der Waals surface area (Å²) in [5.41, 5.74) is 0.571. The van der Waals surface area contributed by atoms with Crippen LogP contribution in [0.25, 0.3) is 0 Å². The molecule has 6 nitrogen and oxygen atoms in total. The number of carbonyl (C=O) groups is 2. The van der Waals surface area contributed by atoms with Gasteiger partial charge < -0.3 is 19.5 Å². The maximum Gasteiger partial charge on any atom is 0.289 e. The molecule has 1 aromatic heterocycles. The summed E-state index contributed by atoms with van der Waals surface area (Å²) in [5, 5.41) is 2.82. The number of halogens is 2. The number of amides is 2. The van der Waals surface area contributed by atoms with Gasteiger partial charge in [0, 0.05) is 10.6 Å². The number of furan rings is 1. The molecule has 9 heteroatoms. The van der Waals surface area contributed by atoms with Gasteiger partial charge in [0.2, 0.25) is 0 Å². The van der Waals surface area contributed by atoms with E-state index in [1.807, 2.05) is 6.92 Å². The largest absolute Gasteiger partial charge is 0.459 e. The topological polar surface area (TPSA) is 67.0 Å². The molecule has 1 atom stereocenters. The van der Waals surface area contributed by atoms with Crippen LogP contribution >= 0.6 is 11.8 Å². The number of nitrogens with one attached hydrogen (secondary N) is 2. The van der Waals surface area contributed by atoms with Gasteiger partial charge >= 0.3 is 0 Å². The highest BCUT2D eigenvalue weighted by Gasteiger charge is 2.31. The number of nitrogens with zero attached hydrogens (tertiary/aromatic N) is 1. The van der Waals surface area contributed by atoms with Crippen molar-refractivity contribution in [3.05, 3.63) is 48.4 Å². The van der Waals surface area contributed by atoms with Crippen LogP contribution in [0.15, 0.2) is 52.0 Å². The van der Waals surface area contributed by atoms with Crippen LogP contribution in [0.3, 0.4) is 0 Å². The minimum atomic E-state index is -2.47. The van der Waals surface area contributed by atoms with Gasteiger partial charge in [-0.25, -0.2) is 0 Å². The number of carbonyl (C=O) groups excluding carboxylic acids is 2. The minimum Gasteiger partial charge on any atom is -0.459 e.